The highest BCUT2D eigenvalue weighted by Crippen LogP contribution is 2.28. The third-order valence-corrected chi connectivity index (χ3v) is 3.20. The molecule has 0 aliphatic heterocycles. The standard InChI is InChI=1S/C16H15N3O6/c1-24-12-6-3-10(4-7-12)17-15(20)16(21)18-13-9-11(19(22)23)5-8-14(13)25-2/h3-9H,1-2H3,(H,17,20)(H,18,21). The van der Waals surface area contributed by atoms with Crippen LogP contribution in [0.25, 0.3) is 0 Å². The molecule has 0 saturated carbocycles. The van der Waals surface area contributed by atoms with Gasteiger partial charge in [0.15, 0.2) is 0 Å². The van der Waals surface area contributed by atoms with E-state index >= 15 is 0 Å². The number of benzene rings is 2. The van der Waals surface area contributed by atoms with Gasteiger partial charge in [0.25, 0.3) is 5.69 Å². The van der Waals surface area contributed by atoms with E-state index in [9.17, 15) is 19.7 Å². The number of amides is 2. The fourth-order valence-electron chi connectivity index (χ4n) is 1.95. The van der Waals surface area contributed by atoms with Gasteiger partial charge >= 0.3 is 11.8 Å². The van der Waals surface area contributed by atoms with E-state index in [4.69, 9.17) is 9.47 Å². The van der Waals surface area contributed by atoms with Crippen LogP contribution >= 0.6 is 0 Å². The van der Waals surface area contributed by atoms with E-state index in [2.05, 4.69) is 10.6 Å². The Balaban J connectivity index is 2.11. The number of nitro benzene ring substituents is 1. The SMILES string of the molecule is COc1ccc(NC(=O)C(=O)Nc2cc([N+](=O)[O-])ccc2OC)cc1. The van der Waals surface area contributed by atoms with Crippen LogP contribution in [0.2, 0.25) is 0 Å². The summed E-state index contributed by atoms with van der Waals surface area (Å²) in [5, 5.41) is 15.5. The van der Waals surface area contributed by atoms with E-state index in [1.807, 2.05) is 0 Å². The first-order valence-corrected chi connectivity index (χ1v) is 7.03. The van der Waals surface area contributed by atoms with Gasteiger partial charge in [-0.2, -0.15) is 0 Å². The van der Waals surface area contributed by atoms with Gasteiger partial charge in [0.05, 0.1) is 24.8 Å². The molecule has 0 bridgehead atoms. The van der Waals surface area contributed by atoms with Gasteiger partial charge in [0.2, 0.25) is 0 Å². The van der Waals surface area contributed by atoms with Crippen LogP contribution < -0.4 is 20.1 Å². The second kappa shape index (κ2) is 7.77. The van der Waals surface area contributed by atoms with Gasteiger partial charge in [-0.1, -0.05) is 0 Å². The Bertz CT molecular complexity index is 804. The second-order valence-electron chi connectivity index (χ2n) is 4.78. The molecule has 0 aromatic heterocycles. The van der Waals surface area contributed by atoms with E-state index in [-0.39, 0.29) is 17.1 Å². The van der Waals surface area contributed by atoms with Crippen molar-refractivity contribution in [3.8, 4) is 11.5 Å². The van der Waals surface area contributed by atoms with Crippen LogP contribution in [-0.2, 0) is 9.59 Å². The van der Waals surface area contributed by atoms with Crippen LogP contribution in [0.3, 0.4) is 0 Å². The molecule has 9 nitrogen and oxygen atoms in total. The summed E-state index contributed by atoms with van der Waals surface area (Å²) in [5.74, 6) is -1.13. The summed E-state index contributed by atoms with van der Waals surface area (Å²) in [6.07, 6.45) is 0. The van der Waals surface area contributed by atoms with Crippen molar-refractivity contribution in [2.45, 2.75) is 0 Å². The summed E-state index contributed by atoms with van der Waals surface area (Å²) in [4.78, 5) is 34.2. The van der Waals surface area contributed by atoms with E-state index in [0.29, 0.717) is 11.4 Å². The Morgan fingerprint density at radius 2 is 1.60 bits per heavy atom. The highest BCUT2D eigenvalue weighted by Gasteiger charge is 2.18. The second-order valence-corrected chi connectivity index (χ2v) is 4.78. The Labute approximate surface area is 142 Å². The first-order valence-electron chi connectivity index (χ1n) is 7.03. The molecule has 0 aliphatic rings. The zero-order valence-electron chi connectivity index (χ0n) is 13.4. The van der Waals surface area contributed by atoms with E-state index in [1.165, 1.54) is 26.4 Å². The molecule has 2 amide bonds. The molecule has 2 aromatic carbocycles. The number of hydrogen-bond donors (Lipinski definition) is 2. The number of nitrogens with zero attached hydrogens (tertiary/aromatic N) is 1. The molecule has 0 unspecified atom stereocenters. The van der Waals surface area contributed by atoms with Crippen LogP contribution in [-0.4, -0.2) is 31.0 Å². The number of nitrogens with one attached hydrogen (secondary N) is 2. The van der Waals surface area contributed by atoms with Crippen molar-refractivity contribution in [1.82, 2.24) is 0 Å². The van der Waals surface area contributed by atoms with Gasteiger partial charge < -0.3 is 20.1 Å². The Morgan fingerprint density at radius 3 is 2.16 bits per heavy atom. The van der Waals surface area contributed by atoms with E-state index in [0.717, 1.165) is 6.07 Å². The monoisotopic (exact) mass is 345 g/mol. The molecule has 130 valence electrons. The normalized spacial score (nSPS) is 9.84. The summed E-state index contributed by atoms with van der Waals surface area (Å²) in [6.45, 7) is 0. The number of hydrogen-bond acceptors (Lipinski definition) is 6. The lowest BCUT2D eigenvalue weighted by Crippen LogP contribution is -2.29. The third-order valence-electron chi connectivity index (χ3n) is 3.20. The number of carbonyl (C=O) groups excluding carboxylic acids is 2. The minimum atomic E-state index is -0.991. The van der Waals surface area contributed by atoms with Gasteiger partial charge in [-0.05, 0) is 30.3 Å². The first kappa shape index (κ1) is 17.7. The Kier molecular flexibility index (Phi) is 5.51. The zero-order chi connectivity index (χ0) is 18.4. The smallest absolute Gasteiger partial charge is 0.314 e. The molecule has 0 aliphatic carbocycles. The van der Waals surface area contributed by atoms with Crippen LogP contribution in [0.4, 0.5) is 17.1 Å². The average Bonchev–Trinajstić information content (AvgIpc) is 2.62. The number of rotatable bonds is 5. The molecule has 2 rings (SSSR count). The fourth-order valence-corrected chi connectivity index (χ4v) is 1.95. The first-order chi connectivity index (χ1) is 11.9. The van der Waals surface area contributed by atoms with Crippen LogP contribution in [0, 0.1) is 10.1 Å². The maximum absolute atomic E-state index is 12.0. The van der Waals surface area contributed by atoms with E-state index in [1.54, 1.807) is 24.3 Å². The van der Waals surface area contributed by atoms with Gasteiger partial charge in [-0.3, -0.25) is 19.7 Å². The number of methoxy groups -OCH3 is 2. The molecule has 2 N–H and O–H groups in total. The highest BCUT2D eigenvalue weighted by atomic mass is 16.6. The van der Waals surface area contributed by atoms with Gasteiger partial charge in [-0.25, -0.2) is 0 Å². The van der Waals surface area contributed by atoms with E-state index < -0.39 is 16.7 Å². The molecule has 0 atom stereocenters. The Morgan fingerprint density at radius 1 is 0.960 bits per heavy atom. The predicted octanol–water partition coefficient (Wildman–Crippen LogP) is 2.19. The molecule has 0 radical (unpaired) electrons. The summed E-state index contributed by atoms with van der Waals surface area (Å²) in [7, 11) is 2.85. The molecular weight excluding hydrogens is 330 g/mol. The molecule has 0 saturated heterocycles. The zero-order valence-corrected chi connectivity index (χ0v) is 13.4. The molecule has 9 heteroatoms. The van der Waals surface area contributed by atoms with Gasteiger partial charge in [0.1, 0.15) is 11.5 Å². The average molecular weight is 345 g/mol. The highest BCUT2D eigenvalue weighted by molar-refractivity contribution is 6.43. The number of ether oxygens (including phenoxy) is 2. The summed E-state index contributed by atoms with van der Waals surface area (Å²) < 4.78 is 10.0. The number of carbonyl (C=O) groups is 2. The van der Waals surface area contributed by atoms with Crippen LogP contribution in [0.5, 0.6) is 11.5 Å². The summed E-state index contributed by atoms with van der Waals surface area (Å²) >= 11 is 0. The maximum atomic E-state index is 12.0. The number of anilines is 2. The lowest BCUT2D eigenvalue weighted by atomic mass is 10.2. The van der Waals surface area contributed by atoms with Crippen molar-refractivity contribution in [2.24, 2.45) is 0 Å². The van der Waals surface area contributed by atoms with Crippen molar-refractivity contribution in [3.05, 3.63) is 52.6 Å². The summed E-state index contributed by atoms with van der Waals surface area (Å²) in [6, 6.07) is 10.0. The van der Waals surface area contributed by atoms with Crippen molar-refractivity contribution in [2.75, 3.05) is 24.9 Å². The molecule has 0 fully saturated rings. The van der Waals surface area contributed by atoms with Crippen molar-refractivity contribution in [3.63, 3.8) is 0 Å². The topological polar surface area (TPSA) is 120 Å². The predicted molar refractivity (Wildman–Crippen MR) is 89.9 cm³/mol. The van der Waals surface area contributed by atoms with Crippen molar-refractivity contribution < 1.29 is 24.0 Å². The Hall–Kier alpha value is -3.62. The minimum Gasteiger partial charge on any atom is -0.497 e. The maximum Gasteiger partial charge on any atom is 0.314 e. The lowest BCUT2D eigenvalue weighted by Gasteiger charge is -2.10. The molecule has 0 spiro atoms. The fraction of sp³-hybridized carbons (Fsp3) is 0.125. The lowest BCUT2D eigenvalue weighted by molar-refractivity contribution is -0.384. The van der Waals surface area contributed by atoms with Gasteiger partial charge in [-0.15, -0.1) is 0 Å². The molecule has 2 aromatic rings. The van der Waals surface area contributed by atoms with Crippen molar-refractivity contribution >= 4 is 28.9 Å². The number of nitro groups is 1. The third kappa shape index (κ3) is 4.44. The van der Waals surface area contributed by atoms with Crippen LogP contribution in [0.1, 0.15) is 0 Å². The largest absolute Gasteiger partial charge is 0.497 e. The van der Waals surface area contributed by atoms with Crippen LogP contribution in [0.15, 0.2) is 42.5 Å². The molecular formula is C16H15N3O6. The van der Waals surface area contributed by atoms with Crippen molar-refractivity contribution in [1.29, 1.82) is 0 Å². The van der Waals surface area contributed by atoms with Gasteiger partial charge in [0, 0.05) is 17.8 Å². The number of non-ortho nitro benzene ring substituents is 1. The molecule has 0 heterocycles. The minimum absolute atomic E-state index is 0.0200. The quantitative estimate of drug-likeness (QED) is 0.487. The summed E-state index contributed by atoms with van der Waals surface area (Å²) in [5.41, 5.74) is 0.171. The molecule has 25 heavy (non-hydrogen) atoms.